The molecule has 4 rings (SSSR count). The SMILES string of the molecule is Cc1cccc(C(=O)Nc2cccc(-c3nc4ccccc4[nH]3)n2)c1. The second-order valence-electron chi connectivity index (χ2n) is 5.83. The van der Waals surface area contributed by atoms with Gasteiger partial charge in [-0.15, -0.1) is 0 Å². The van der Waals surface area contributed by atoms with Crippen molar-refractivity contribution in [3.63, 3.8) is 0 Å². The van der Waals surface area contributed by atoms with Gasteiger partial charge in [0.2, 0.25) is 0 Å². The van der Waals surface area contributed by atoms with Crippen LogP contribution >= 0.6 is 0 Å². The van der Waals surface area contributed by atoms with E-state index in [1.807, 2.05) is 61.5 Å². The predicted octanol–water partition coefficient (Wildman–Crippen LogP) is 4.19. The topological polar surface area (TPSA) is 70.7 Å². The standard InChI is InChI=1S/C20H16N4O/c1-13-6-4-7-14(12-13)20(25)24-18-11-5-10-17(21-18)19-22-15-8-2-3-9-16(15)23-19/h2-12H,1H3,(H,22,23)(H,21,24,25). The van der Waals surface area contributed by atoms with Crippen molar-refractivity contribution < 1.29 is 4.79 Å². The molecule has 0 unspecified atom stereocenters. The molecule has 0 saturated heterocycles. The number of aryl methyl sites for hydroxylation is 1. The Hall–Kier alpha value is -3.47. The zero-order chi connectivity index (χ0) is 17.2. The molecule has 0 fully saturated rings. The second-order valence-corrected chi connectivity index (χ2v) is 5.83. The van der Waals surface area contributed by atoms with E-state index >= 15 is 0 Å². The molecule has 0 radical (unpaired) electrons. The van der Waals surface area contributed by atoms with Crippen LogP contribution in [0.25, 0.3) is 22.6 Å². The first-order valence-electron chi connectivity index (χ1n) is 7.99. The average molecular weight is 328 g/mol. The molecule has 2 aromatic heterocycles. The lowest BCUT2D eigenvalue weighted by atomic mass is 10.1. The summed E-state index contributed by atoms with van der Waals surface area (Å²) < 4.78 is 0. The fraction of sp³-hybridized carbons (Fsp3) is 0.0500. The maximum Gasteiger partial charge on any atom is 0.256 e. The van der Waals surface area contributed by atoms with Crippen LogP contribution in [-0.2, 0) is 0 Å². The highest BCUT2D eigenvalue weighted by Crippen LogP contribution is 2.20. The molecule has 122 valence electrons. The Kier molecular flexibility index (Phi) is 3.74. The van der Waals surface area contributed by atoms with Crippen molar-refractivity contribution in [2.24, 2.45) is 0 Å². The second kappa shape index (κ2) is 6.20. The highest BCUT2D eigenvalue weighted by Gasteiger charge is 2.10. The number of hydrogen-bond acceptors (Lipinski definition) is 3. The maximum atomic E-state index is 12.4. The van der Waals surface area contributed by atoms with E-state index < -0.39 is 0 Å². The number of H-pyrrole nitrogens is 1. The summed E-state index contributed by atoms with van der Waals surface area (Å²) >= 11 is 0. The van der Waals surface area contributed by atoms with Crippen molar-refractivity contribution in [1.29, 1.82) is 0 Å². The summed E-state index contributed by atoms with van der Waals surface area (Å²) in [4.78, 5) is 24.7. The van der Waals surface area contributed by atoms with Gasteiger partial charge in [-0.1, -0.05) is 35.9 Å². The number of hydrogen-bond donors (Lipinski definition) is 2. The molecule has 0 bridgehead atoms. The van der Waals surface area contributed by atoms with Gasteiger partial charge in [0.25, 0.3) is 5.91 Å². The summed E-state index contributed by atoms with van der Waals surface area (Å²) in [5, 5.41) is 2.84. The summed E-state index contributed by atoms with van der Waals surface area (Å²) in [5.41, 5.74) is 4.16. The van der Waals surface area contributed by atoms with Gasteiger partial charge in [-0.25, -0.2) is 9.97 Å². The fourth-order valence-corrected chi connectivity index (χ4v) is 2.69. The minimum absolute atomic E-state index is 0.182. The Morgan fingerprint density at radius 1 is 0.960 bits per heavy atom. The van der Waals surface area contributed by atoms with E-state index in [9.17, 15) is 4.79 Å². The summed E-state index contributed by atoms with van der Waals surface area (Å²) in [6, 6.07) is 20.7. The van der Waals surface area contributed by atoms with Gasteiger partial charge >= 0.3 is 0 Å². The van der Waals surface area contributed by atoms with Gasteiger partial charge in [-0.3, -0.25) is 4.79 Å². The maximum absolute atomic E-state index is 12.4. The van der Waals surface area contributed by atoms with E-state index in [1.54, 1.807) is 12.1 Å². The number of carbonyl (C=O) groups is 1. The van der Waals surface area contributed by atoms with E-state index in [4.69, 9.17) is 0 Å². The first-order valence-corrected chi connectivity index (χ1v) is 7.99. The number of amides is 1. The van der Waals surface area contributed by atoms with Gasteiger partial charge in [0, 0.05) is 5.56 Å². The van der Waals surface area contributed by atoms with E-state index in [0.29, 0.717) is 22.9 Å². The third-order valence-corrected chi connectivity index (χ3v) is 3.90. The number of rotatable bonds is 3. The molecule has 5 nitrogen and oxygen atoms in total. The molecule has 0 saturated carbocycles. The van der Waals surface area contributed by atoms with Crippen molar-refractivity contribution in [3.8, 4) is 11.5 Å². The van der Waals surface area contributed by atoms with Crippen molar-refractivity contribution in [1.82, 2.24) is 15.0 Å². The monoisotopic (exact) mass is 328 g/mol. The molecule has 0 aliphatic heterocycles. The first-order chi connectivity index (χ1) is 12.2. The Labute approximate surface area is 144 Å². The molecule has 0 aliphatic rings. The van der Waals surface area contributed by atoms with Crippen molar-refractivity contribution in [2.75, 3.05) is 5.32 Å². The van der Waals surface area contributed by atoms with E-state index in [1.165, 1.54) is 0 Å². The van der Waals surface area contributed by atoms with Crippen LogP contribution < -0.4 is 5.32 Å². The normalized spacial score (nSPS) is 10.8. The van der Waals surface area contributed by atoms with Gasteiger partial charge in [0.1, 0.15) is 11.5 Å². The number of benzene rings is 2. The largest absolute Gasteiger partial charge is 0.337 e. The van der Waals surface area contributed by atoms with Crippen molar-refractivity contribution in [3.05, 3.63) is 77.9 Å². The Morgan fingerprint density at radius 2 is 1.80 bits per heavy atom. The zero-order valence-electron chi connectivity index (χ0n) is 13.7. The number of aromatic nitrogens is 3. The zero-order valence-corrected chi connectivity index (χ0v) is 13.7. The molecule has 25 heavy (non-hydrogen) atoms. The third-order valence-electron chi connectivity index (χ3n) is 3.90. The number of imidazole rings is 1. The molecule has 0 aliphatic carbocycles. The molecule has 4 aromatic rings. The van der Waals surface area contributed by atoms with Crippen LogP contribution in [0.1, 0.15) is 15.9 Å². The lowest BCUT2D eigenvalue weighted by molar-refractivity contribution is 0.102. The number of anilines is 1. The van der Waals surface area contributed by atoms with Crippen LogP contribution in [0.3, 0.4) is 0 Å². The molecule has 0 spiro atoms. The van der Waals surface area contributed by atoms with Crippen molar-refractivity contribution >= 4 is 22.8 Å². The minimum atomic E-state index is -0.182. The van der Waals surface area contributed by atoms with Gasteiger partial charge < -0.3 is 10.3 Å². The third kappa shape index (κ3) is 3.12. The highest BCUT2D eigenvalue weighted by atomic mass is 16.1. The quantitative estimate of drug-likeness (QED) is 0.592. The highest BCUT2D eigenvalue weighted by molar-refractivity contribution is 6.03. The molecular formula is C20H16N4O. The number of para-hydroxylation sites is 2. The molecule has 1 amide bonds. The minimum Gasteiger partial charge on any atom is -0.337 e. The molecule has 2 N–H and O–H groups in total. The number of aromatic amines is 1. The lowest BCUT2D eigenvalue weighted by Crippen LogP contribution is -2.13. The summed E-state index contributed by atoms with van der Waals surface area (Å²) in [6.45, 7) is 1.96. The number of fused-ring (bicyclic) bond motifs is 1. The van der Waals surface area contributed by atoms with Crippen LogP contribution in [-0.4, -0.2) is 20.9 Å². The molecule has 0 atom stereocenters. The smallest absolute Gasteiger partial charge is 0.256 e. The van der Waals surface area contributed by atoms with E-state index in [2.05, 4.69) is 20.3 Å². The van der Waals surface area contributed by atoms with Gasteiger partial charge in [-0.05, 0) is 43.3 Å². The van der Waals surface area contributed by atoms with Crippen LogP contribution in [0.15, 0.2) is 66.7 Å². The van der Waals surface area contributed by atoms with E-state index in [-0.39, 0.29) is 5.91 Å². The predicted molar refractivity (Wildman–Crippen MR) is 98.5 cm³/mol. The van der Waals surface area contributed by atoms with Crippen LogP contribution in [0.4, 0.5) is 5.82 Å². The summed E-state index contributed by atoms with van der Waals surface area (Å²) in [6.07, 6.45) is 0. The van der Waals surface area contributed by atoms with Gasteiger partial charge in [0.15, 0.2) is 5.82 Å². The summed E-state index contributed by atoms with van der Waals surface area (Å²) in [7, 11) is 0. The Morgan fingerprint density at radius 3 is 2.64 bits per heavy atom. The van der Waals surface area contributed by atoms with Gasteiger partial charge in [0.05, 0.1) is 11.0 Å². The Balaban J connectivity index is 1.62. The first kappa shape index (κ1) is 15.1. The van der Waals surface area contributed by atoms with Crippen molar-refractivity contribution in [2.45, 2.75) is 6.92 Å². The van der Waals surface area contributed by atoms with Crippen LogP contribution in [0.5, 0.6) is 0 Å². The van der Waals surface area contributed by atoms with Crippen LogP contribution in [0, 0.1) is 6.92 Å². The fourth-order valence-electron chi connectivity index (χ4n) is 2.69. The Bertz CT molecular complexity index is 1030. The lowest BCUT2D eigenvalue weighted by Gasteiger charge is -2.06. The van der Waals surface area contributed by atoms with Gasteiger partial charge in [-0.2, -0.15) is 0 Å². The molecular weight excluding hydrogens is 312 g/mol. The molecule has 2 aromatic carbocycles. The number of nitrogens with one attached hydrogen (secondary N) is 2. The summed E-state index contributed by atoms with van der Waals surface area (Å²) in [5.74, 6) is 0.982. The number of carbonyl (C=O) groups excluding carboxylic acids is 1. The average Bonchev–Trinajstić information content (AvgIpc) is 3.06. The number of nitrogens with zero attached hydrogens (tertiary/aromatic N) is 2. The molecule has 2 heterocycles. The number of pyridine rings is 1. The molecule has 5 heteroatoms. The van der Waals surface area contributed by atoms with E-state index in [0.717, 1.165) is 16.6 Å². The van der Waals surface area contributed by atoms with Crippen LogP contribution in [0.2, 0.25) is 0 Å².